The van der Waals surface area contributed by atoms with Gasteiger partial charge in [-0.25, -0.2) is 13.2 Å². The van der Waals surface area contributed by atoms with Crippen molar-refractivity contribution >= 4 is 10.9 Å². The van der Waals surface area contributed by atoms with Gasteiger partial charge in [-0.2, -0.15) is 0 Å². The molecule has 170 valence electrons. The van der Waals surface area contributed by atoms with Crippen molar-refractivity contribution in [2.45, 2.75) is 11.7 Å². The molecule has 0 radical (unpaired) electrons. The number of aromatic amines is 1. The topological polar surface area (TPSA) is 56.2 Å². The summed E-state index contributed by atoms with van der Waals surface area (Å²) in [4.78, 5) is 3.22. The molecule has 4 aromatic carbocycles. The van der Waals surface area contributed by atoms with Crippen LogP contribution in [-0.2, 0) is 5.60 Å². The fourth-order valence-corrected chi connectivity index (χ4v) is 4.38. The van der Waals surface area contributed by atoms with Crippen LogP contribution in [0.2, 0.25) is 0 Å². The Morgan fingerprint density at radius 3 is 1.65 bits per heavy atom. The first-order valence-electron chi connectivity index (χ1n) is 10.7. The van der Waals surface area contributed by atoms with Crippen molar-refractivity contribution in [1.82, 2.24) is 4.98 Å². The SMILES string of the molecule is OC(c1ccc(F)cc1)c1c(C(O)(c2ccc(F)cc2)c2ccc(F)cc2)[nH]c2ccccc12. The van der Waals surface area contributed by atoms with Crippen LogP contribution < -0.4 is 0 Å². The minimum Gasteiger partial charge on any atom is -0.384 e. The van der Waals surface area contributed by atoms with Crippen molar-refractivity contribution in [2.75, 3.05) is 0 Å². The van der Waals surface area contributed by atoms with Gasteiger partial charge in [-0.1, -0.05) is 54.6 Å². The molecule has 34 heavy (non-hydrogen) atoms. The van der Waals surface area contributed by atoms with Crippen LogP contribution in [0.25, 0.3) is 10.9 Å². The van der Waals surface area contributed by atoms with Crippen molar-refractivity contribution in [2.24, 2.45) is 0 Å². The number of para-hydroxylation sites is 1. The van der Waals surface area contributed by atoms with Gasteiger partial charge in [0, 0.05) is 16.5 Å². The summed E-state index contributed by atoms with van der Waals surface area (Å²) in [6.07, 6.45) is -1.22. The number of benzene rings is 4. The van der Waals surface area contributed by atoms with E-state index in [0.29, 0.717) is 33.2 Å². The van der Waals surface area contributed by atoms with Crippen molar-refractivity contribution in [3.8, 4) is 0 Å². The van der Waals surface area contributed by atoms with Gasteiger partial charge < -0.3 is 15.2 Å². The summed E-state index contributed by atoms with van der Waals surface area (Å²) < 4.78 is 41.0. The molecule has 1 aromatic heterocycles. The molecule has 3 nitrogen and oxygen atoms in total. The highest BCUT2D eigenvalue weighted by atomic mass is 19.1. The molecule has 0 spiro atoms. The van der Waals surface area contributed by atoms with E-state index >= 15 is 0 Å². The number of aliphatic hydroxyl groups is 2. The van der Waals surface area contributed by atoms with Crippen molar-refractivity contribution in [3.05, 3.63) is 142 Å². The zero-order valence-corrected chi connectivity index (χ0v) is 17.8. The highest BCUT2D eigenvalue weighted by molar-refractivity contribution is 5.86. The van der Waals surface area contributed by atoms with E-state index in [1.807, 2.05) is 6.07 Å². The average Bonchev–Trinajstić information content (AvgIpc) is 3.24. The van der Waals surface area contributed by atoms with Gasteiger partial charge in [0.05, 0.1) is 5.69 Å². The smallest absolute Gasteiger partial charge is 0.155 e. The molecule has 3 N–H and O–H groups in total. The Morgan fingerprint density at radius 2 is 1.12 bits per heavy atom. The maximum Gasteiger partial charge on any atom is 0.155 e. The molecular formula is C28H20F3NO2. The zero-order chi connectivity index (χ0) is 23.9. The summed E-state index contributed by atoms with van der Waals surface area (Å²) in [5.74, 6) is -1.40. The molecule has 0 fully saturated rings. The van der Waals surface area contributed by atoms with Gasteiger partial charge in [0.15, 0.2) is 5.60 Å². The first kappa shape index (κ1) is 21.9. The van der Waals surface area contributed by atoms with Crippen LogP contribution in [0, 0.1) is 17.5 Å². The van der Waals surface area contributed by atoms with Crippen molar-refractivity contribution in [3.63, 3.8) is 0 Å². The number of aromatic nitrogens is 1. The van der Waals surface area contributed by atoms with E-state index < -0.39 is 29.2 Å². The van der Waals surface area contributed by atoms with Crippen molar-refractivity contribution in [1.29, 1.82) is 0 Å². The number of H-pyrrole nitrogens is 1. The number of hydrogen-bond acceptors (Lipinski definition) is 2. The lowest BCUT2D eigenvalue weighted by molar-refractivity contribution is 0.116. The van der Waals surface area contributed by atoms with Gasteiger partial charge in [-0.05, 0) is 59.2 Å². The summed E-state index contributed by atoms with van der Waals surface area (Å²) in [6.45, 7) is 0. The fourth-order valence-electron chi connectivity index (χ4n) is 4.38. The predicted molar refractivity (Wildman–Crippen MR) is 124 cm³/mol. The molecule has 1 unspecified atom stereocenters. The Balaban J connectivity index is 1.82. The molecule has 0 aliphatic carbocycles. The summed E-state index contributed by atoms with van der Waals surface area (Å²) in [5.41, 5.74) is 0.433. The highest BCUT2D eigenvalue weighted by Gasteiger charge is 2.40. The molecular weight excluding hydrogens is 439 g/mol. The van der Waals surface area contributed by atoms with Gasteiger partial charge in [0.2, 0.25) is 0 Å². The van der Waals surface area contributed by atoms with E-state index in [-0.39, 0.29) is 5.69 Å². The van der Waals surface area contributed by atoms with Crippen LogP contribution in [0.3, 0.4) is 0 Å². The minimum absolute atomic E-state index is 0.240. The Labute approximate surface area is 193 Å². The normalized spacial score (nSPS) is 12.7. The molecule has 1 atom stereocenters. The van der Waals surface area contributed by atoms with Crippen LogP contribution in [0.15, 0.2) is 97.1 Å². The van der Waals surface area contributed by atoms with Crippen LogP contribution in [0.4, 0.5) is 13.2 Å². The summed E-state index contributed by atoms with van der Waals surface area (Å²) in [7, 11) is 0. The molecule has 0 saturated heterocycles. The Hall–Kier alpha value is -3.87. The Morgan fingerprint density at radius 1 is 0.647 bits per heavy atom. The number of halogens is 3. The second-order valence-corrected chi connectivity index (χ2v) is 8.14. The third-order valence-corrected chi connectivity index (χ3v) is 6.09. The molecule has 1 heterocycles. The minimum atomic E-state index is -1.89. The van der Waals surface area contributed by atoms with E-state index in [4.69, 9.17) is 0 Å². The molecule has 0 amide bonds. The van der Waals surface area contributed by atoms with Gasteiger partial charge in [-0.3, -0.25) is 0 Å². The van der Waals surface area contributed by atoms with Crippen LogP contribution in [0.1, 0.15) is 34.1 Å². The Bertz CT molecular complexity index is 1400. The van der Waals surface area contributed by atoms with E-state index in [9.17, 15) is 23.4 Å². The van der Waals surface area contributed by atoms with E-state index in [2.05, 4.69) is 4.98 Å². The maximum absolute atomic E-state index is 13.8. The van der Waals surface area contributed by atoms with E-state index in [1.165, 1.54) is 72.8 Å². The number of nitrogens with one attached hydrogen (secondary N) is 1. The lowest BCUT2D eigenvalue weighted by Crippen LogP contribution is -2.31. The number of fused-ring (bicyclic) bond motifs is 1. The molecule has 0 aliphatic heterocycles. The second kappa shape index (κ2) is 8.48. The van der Waals surface area contributed by atoms with E-state index in [1.54, 1.807) is 18.2 Å². The third-order valence-electron chi connectivity index (χ3n) is 6.09. The summed E-state index contributed by atoms with van der Waals surface area (Å²) in [6, 6.07) is 23.3. The average molecular weight is 459 g/mol. The number of rotatable bonds is 5. The van der Waals surface area contributed by atoms with E-state index in [0.717, 1.165) is 0 Å². The largest absolute Gasteiger partial charge is 0.384 e. The standard InChI is InChI=1S/C28H20F3NO2/c29-20-11-5-17(6-12-20)26(33)25-23-3-1-2-4-24(23)32-27(25)28(34,18-7-13-21(30)14-8-18)19-9-15-22(31)16-10-19/h1-16,26,32-34H. The first-order chi connectivity index (χ1) is 16.4. The lowest BCUT2D eigenvalue weighted by atomic mass is 9.80. The quantitative estimate of drug-likeness (QED) is 0.304. The molecule has 6 heteroatoms. The van der Waals surface area contributed by atoms with Gasteiger partial charge in [0.25, 0.3) is 0 Å². The summed E-state index contributed by atoms with van der Waals surface area (Å²) in [5, 5.41) is 24.4. The third kappa shape index (κ3) is 3.67. The molecule has 0 saturated carbocycles. The highest BCUT2D eigenvalue weighted by Crippen LogP contribution is 2.43. The lowest BCUT2D eigenvalue weighted by Gasteiger charge is -2.31. The number of hydrogen-bond donors (Lipinski definition) is 3. The Kier molecular flexibility index (Phi) is 5.48. The fraction of sp³-hybridized carbons (Fsp3) is 0.0714. The zero-order valence-electron chi connectivity index (χ0n) is 17.8. The second-order valence-electron chi connectivity index (χ2n) is 8.14. The van der Waals surface area contributed by atoms with Gasteiger partial charge >= 0.3 is 0 Å². The van der Waals surface area contributed by atoms with Gasteiger partial charge in [-0.15, -0.1) is 0 Å². The molecule has 0 aliphatic rings. The van der Waals surface area contributed by atoms with Crippen molar-refractivity contribution < 1.29 is 23.4 Å². The first-order valence-corrected chi connectivity index (χ1v) is 10.7. The van der Waals surface area contributed by atoms with Crippen LogP contribution in [-0.4, -0.2) is 15.2 Å². The maximum atomic E-state index is 13.8. The molecule has 5 rings (SSSR count). The molecule has 0 bridgehead atoms. The summed E-state index contributed by atoms with van der Waals surface area (Å²) >= 11 is 0. The monoisotopic (exact) mass is 459 g/mol. The van der Waals surface area contributed by atoms with Crippen LogP contribution in [0.5, 0.6) is 0 Å². The molecule has 5 aromatic rings. The predicted octanol–water partition coefficient (Wildman–Crippen LogP) is 5.95. The van der Waals surface area contributed by atoms with Gasteiger partial charge in [0.1, 0.15) is 23.6 Å². The number of aliphatic hydroxyl groups excluding tert-OH is 1. The van der Waals surface area contributed by atoms with Crippen LogP contribution >= 0.6 is 0 Å².